The molecule has 0 spiro atoms. The normalized spacial score (nSPS) is 27.0. The van der Waals surface area contributed by atoms with E-state index in [1.54, 1.807) is 31.0 Å². The number of carboxylic acids is 1. The number of carboxylic acid groups (broad SMARTS) is 1. The topological polar surface area (TPSA) is 144 Å². The summed E-state index contributed by atoms with van der Waals surface area (Å²) in [5.74, 6) is 0.249. The minimum Gasteiger partial charge on any atom is -0.496 e. The second-order valence-corrected chi connectivity index (χ2v) is 17.7. The van der Waals surface area contributed by atoms with Gasteiger partial charge >= 0.3 is 5.97 Å². The molecule has 1 saturated heterocycles. The average Bonchev–Trinajstić information content (AvgIpc) is 3.52. The van der Waals surface area contributed by atoms with Gasteiger partial charge < -0.3 is 30.5 Å². The van der Waals surface area contributed by atoms with Crippen LogP contribution in [0.15, 0.2) is 42.5 Å². The van der Waals surface area contributed by atoms with E-state index in [-0.39, 0.29) is 46.5 Å². The van der Waals surface area contributed by atoms with Gasteiger partial charge in [0.1, 0.15) is 17.0 Å². The van der Waals surface area contributed by atoms with Crippen LogP contribution in [0.3, 0.4) is 0 Å². The third kappa shape index (κ3) is 6.70. The van der Waals surface area contributed by atoms with E-state index in [0.29, 0.717) is 45.8 Å². The van der Waals surface area contributed by atoms with Crippen LogP contribution >= 0.6 is 0 Å². The zero-order chi connectivity index (χ0) is 38.0. The number of carbonyl (C=O) groups excluding carboxylic acids is 2. The first-order valence-electron chi connectivity index (χ1n) is 19.2. The number of nitrogens with one attached hydrogen (secondary N) is 3. The molecule has 4 N–H and O–H groups in total. The fourth-order valence-corrected chi connectivity index (χ4v) is 10.8. The summed E-state index contributed by atoms with van der Waals surface area (Å²) in [5.41, 5.74) is 1.75. The number of benzene rings is 2. The summed E-state index contributed by atoms with van der Waals surface area (Å²) in [7, 11) is 3.15. The third-order valence-electron chi connectivity index (χ3n) is 12.4. The maximum absolute atomic E-state index is 14.4. The van der Waals surface area contributed by atoms with E-state index in [4.69, 9.17) is 14.6 Å². The molecule has 4 bridgehead atoms. The lowest BCUT2D eigenvalue weighted by Crippen LogP contribution is -2.70. The summed E-state index contributed by atoms with van der Waals surface area (Å²) in [4.78, 5) is 41.3. The number of carbonyl (C=O) groups is 3. The van der Waals surface area contributed by atoms with Gasteiger partial charge in [-0.1, -0.05) is 19.9 Å². The number of piperidine rings is 1. The summed E-state index contributed by atoms with van der Waals surface area (Å²) < 4.78 is 13.3. The van der Waals surface area contributed by atoms with Crippen molar-refractivity contribution in [1.82, 2.24) is 25.7 Å². The minimum atomic E-state index is -1.33. The molecule has 0 unspecified atom stereocenters. The Hall–Kier alpha value is -4.38. The van der Waals surface area contributed by atoms with Gasteiger partial charge in [-0.3, -0.25) is 9.59 Å². The van der Waals surface area contributed by atoms with Crippen LogP contribution in [0.5, 0.6) is 11.5 Å². The number of aromatic nitrogens is 2. The van der Waals surface area contributed by atoms with Crippen LogP contribution < -0.4 is 25.4 Å². The molecule has 11 heteroatoms. The summed E-state index contributed by atoms with van der Waals surface area (Å²) in [6, 6.07) is 12.8. The van der Waals surface area contributed by atoms with Crippen LogP contribution in [0.1, 0.15) is 119 Å². The molecule has 1 aliphatic heterocycles. The van der Waals surface area contributed by atoms with Gasteiger partial charge in [-0.15, -0.1) is 0 Å². The largest absolute Gasteiger partial charge is 0.496 e. The molecule has 5 fully saturated rings. The Bertz CT molecular complexity index is 1860. The van der Waals surface area contributed by atoms with Crippen LogP contribution in [-0.2, 0) is 4.79 Å². The molecule has 4 saturated carbocycles. The monoisotopic (exact) mass is 725 g/mol. The van der Waals surface area contributed by atoms with E-state index >= 15 is 0 Å². The molecule has 11 nitrogen and oxygen atoms in total. The fourth-order valence-electron chi connectivity index (χ4n) is 10.8. The molecule has 2 heterocycles. The molecule has 4 aliphatic carbocycles. The van der Waals surface area contributed by atoms with E-state index < -0.39 is 17.4 Å². The lowest BCUT2D eigenvalue weighted by atomic mass is 9.48. The SMILES string of the molecule is COc1cccc(OC)c1-c1cc(C(=O)NC2(C(=O)O)C3CC4CC(C3)CC2C4)nn1-c1ccc(C(=O)NC2CC(C)(C)NC(C)(C)C2)cc1C(C)C. The van der Waals surface area contributed by atoms with Crippen molar-refractivity contribution in [3.63, 3.8) is 0 Å². The lowest BCUT2D eigenvalue weighted by Gasteiger charge is -2.59. The Morgan fingerprint density at radius 1 is 0.868 bits per heavy atom. The van der Waals surface area contributed by atoms with E-state index in [1.165, 1.54) is 0 Å². The zero-order valence-corrected chi connectivity index (χ0v) is 32.3. The van der Waals surface area contributed by atoms with Crippen LogP contribution in [0.4, 0.5) is 0 Å². The van der Waals surface area contributed by atoms with Crippen molar-refractivity contribution in [2.24, 2.45) is 23.7 Å². The molecule has 2 amide bonds. The van der Waals surface area contributed by atoms with Crippen LogP contribution in [0, 0.1) is 23.7 Å². The number of ether oxygens (including phenoxy) is 2. The third-order valence-corrected chi connectivity index (χ3v) is 12.4. The quantitative estimate of drug-likeness (QED) is 0.180. The van der Waals surface area contributed by atoms with E-state index in [0.717, 1.165) is 50.5 Å². The van der Waals surface area contributed by atoms with Crippen LogP contribution in [-0.4, -0.2) is 69.5 Å². The molecule has 2 aromatic carbocycles. The number of hydrogen-bond donors (Lipinski definition) is 4. The number of amides is 2. The van der Waals surface area contributed by atoms with Crippen molar-refractivity contribution >= 4 is 17.8 Å². The molecule has 1 aromatic heterocycles. The second-order valence-electron chi connectivity index (χ2n) is 17.7. The Morgan fingerprint density at radius 3 is 1.98 bits per heavy atom. The van der Waals surface area contributed by atoms with Crippen molar-refractivity contribution in [3.8, 4) is 28.4 Å². The molecule has 0 radical (unpaired) electrons. The maximum Gasteiger partial charge on any atom is 0.330 e. The van der Waals surface area contributed by atoms with Gasteiger partial charge in [0, 0.05) is 22.7 Å². The van der Waals surface area contributed by atoms with Gasteiger partial charge in [0.15, 0.2) is 5.69 Å². The molecule has 53 heavy (non-hydrogen) atoms. The number of methoxy groups -OCH3 is 2. The zero-order valence-electron chi connectivity index (χ0n) is 32.3. The first-order chi connectivity index (χ1) is 25.0. The van der Waals surface area contributed by atoms with Crippen molar-refractivity contribution < 1.29 is 29.0 Å². The van der Waals surface area contributed by atoms with Gasteiger partial charge in [-0.05, 0) is 144 Å². The molecular formula is C42H55N5O6. The fraction of sp³-hybridized carbons (Fsp3) is 0.571. The van der Waals surface area contributed by atoms with Gasteiger partial charge in [0.25, 0.3) is 11.8 Å². The molecule has 284 valence electrons. The standard InChI is InChI=1S/C42H55N5O6/c1-23(2)30-19-26(37(48)43-29-21-40(3,4)46-41(5,6)22-29)12-13-32(30)47-33(36-34(52-7)10-9-11-35(36)53-8)20-31(45-47)38(49)44-42(39(50)51)27-15-24-14-25(17-27)18-28(42)16-24/h9-13,19-20,23-25,27-29,46H,14-18,21-22H2,1-8H3,(H,43,48)(H,44,49)(H,50,51). The van der Waals surface area contributed by atoms with E-state index in [9.17, 15) is 19.5 Å². The number of aliphatic carboxylic acids is 1. The van der Waals surface area contributed by atoms with Gasteiger partial charge in [-0.25, -0.2) is 9.48 Å². The maximum atomic E-state index is 14.4. The summed E-state index contributed by atoms with van der Waals surface area (Å²) in [6.07, 6.45) is 6.07. The highest BCUT2D eigenvalue weighted by atomic mass is 16.5. The summed E-state index contributed by atoms with van der Waals surface area (Å²) in [6.45, 7) is 12.8. The van der Waals surface area contributed by atoms with Gasteiger partial charge in [0.2, 0.25) is 0 Å². The molecular weight excluding hydrogens is 670 g/mol. The Labute approximate surface area is 312 Å². The Balaban J connectivity index is 1.29. The summed E-state index contributed by atoms with van der Waals surface area (Å²) in [5, 5.41) is 25.7. The first kappa shape index (κ1) is 37.0. The highest BCUT2D eigenvalue weighted by Gasteiger charge is 2.62. The smallest absolute Gasteiger partial charge is 0.330 e. The number of hydrogen-bond acceptors (Lipinski definition) is 7. The van der Waals surface area contributed by atoms with Crippen molar-refractivity contribution in [2.45, 2.75) is 115 Å². The Morgan fingerprint density at radius 2 is 1.45 bits per heavy atom. The molecule has 0 atom stereocenters. The van der Waals surface area contributed by atoms with E-state index in [1.807, 2.05) is 30.3 Å². The van der Waals surface area contributed by atoms with Crippen molar-refractivity contribution in [1.29, 1.82) is 0 Å². The molecule has 8 rings (SSSR count). The molecule has 3 aromatic rings. The highest BCUT2D eigenvalue weighted by molar-refractivity contribution is 5.98. The van der Waals surface area contributed by atoms with E-state index in [2.05, 4.69) is 57.5 Å². The van der Waals surface area contributed by atoms with Crippen LogP contribution in [0.2, 0.25) is 0 Å². The van der Waals surface area contributed by atoms with Crippen LogP contribution in [0.25, 0.3) is 16.9 Å². The van der Waals surface area contributed by atoms with Crippen molar-refractivity contribution in [3.05, 3.63) is 59.3 Å². The lowest BCUT2D eigenvalue weighted by molar-refractivity contribution is -0.163. The average molecular weight is 726 g/mol. The van der Waals surface area contributed by atoms with Gasteiger partial charge in [0.05, 0.1) is 31.2 Å². The Kier molecular flexibility index (Phi) is 9.40. The highest BCUT2D eigenvalue weighted by Crippen LogP contribution is 2.58. The van der Waals surface area contributed by atoms with Crippen molar-refractivity contribution in [2.75, 3.05) is 14.2 Å². The van der Waals surface area contributed by atoms with Gasteiger partial charge in [-0.2, -0.15) is 5.10 Å². The molecule has 5 aliphatic rings. The predicted octanol–water partition coefficient (Wildman–Crippen LogP) is 6.73. The first-order valence-corrected chi connectivity index (χ1v) is 19.2. The second kappa shape index (κ2) is 13.5. The summed E-state index contributed by atoms with van der Waals surface area (Å²) >= 11 is 0. The number of nitrogens with zero attached hydrogens (tertiary/aromatic N) is 2. The number of rotatable bonds is 10. The minimum absolute atomic E-state index is 0.0105. The predicted molar refractivity (Wildman–Crippen MR) is 203 cm³/mol.